The summed E-state index contributed by atoms with van der Waals surface area (Å²) in [5.74, 6) is -0.581. The van der Waals surface area contributed by atoms with Crippen molar-refractivity contribution in [2.45, 2.75) is 37.5 Å². The molecule has 2 N–H and O–H groups in total. The Bertz CT molecular complexity index is 360. The van der Waals surface area contributed by atoms with Crippen molar-refractivity contribution in [2.75, 3.05) is 27.3 Å². The van der Waals surface area contributed by atoms with Crippen molar-refractivity contribution < 1.29 is 24.2 Å². The van der Waals surface area contributed by atoms with E-state index in [0.29, 0.717) is 19.0 Å². The van der Waals surface area contributed by atoms with Gasteiger partial charge in [-0.1, -0.05) is 0 Å². The molecule has 1 saturated carbocycles. The number of carbonyl (C=O) groups excluding carboxylic acids is 1. The number of methoxy groups -OCH3 is 2. The van der Waals surface area contributed by atoms with Crippen molar-refractivity contribution in [1.82, 2.24) is 10.2 Å². The molecule has 0 radical (unpaired) electrons. The normalized spacial score (nSPS) is 27.4. The van der Waals surface area contributed by atoms with Crippen molar-refractivity contribution in [1.29, 1.82) is 0 Å². The first-order valence-electron chi connectivity index (χ1n) is 6.88. The van der Waals surface area contributed by atoms with E-state index >= 15 is 0 Å². The first kappa shape index (κ1) is 15.1. The highest BCUT2D eigenvalue weighted by Crippen LogP contribution is 2.34. The fourth-order valence-corrected chi connectivity index (χ4v) is 2.63. The highest BCUT2D eigenvalue weighted by molar-refractivity contribution is 5.76. The number of carbonyl (C=O) groups is 2. The number of nitrogens with one attached hydrogen (secondary N) is 1. The van der Waals surface area contributed by atoms with Crippen molar-refractivity contribution >= 4 is 12.0 Å². The second-order valence-corrected chi connectivity index (χ2v) is 5.44. The van der Waals surface area contributed by atoms with Gasteiger partial charge in [0.2, 0.25) is 0 Å². The molecule has 0 spiro atoms. The predicted molar refractivity (Wildman–Crippen MR) is 70.5 cm³/mol. The number of nitrogens with zero attached hydrogens (tertiary/aromatic N) is 1. The van der Waals surface area contributed by atoms with Gasteiger partial charge in [0, 0.05) is 20.3 Å². The number of hydrogen-bond acceptors (Lipinski definition) is 4. The minimum absolute atomic E-state index is 0.0222. The number of amides is 2. The maximum atomic E-state index is 12.2. The Hall–Kier alpha value is -1.34. The summed E-state index contributed by atoms with van der Waals surface area (Å²) in [5.41, 5.74) is 0. The van der Waals surface area contributed by atoms with Gasteiger partial charge < -0.3 is 24.8 Å². The van der Waals surface area contributed by atoms with Crippen LogP contribution in [0.1, 0.15) is 19.3 Å². The number of likely N-dealkylation sites (tertiary alicyclic amines) is 1. The van der Waals surface area contributed by atoms with Crippen LogP contribution < -0.4 is 5.32 Å². The Morgan fingerprint density at radius 2 is 1.80 bits per heavy atom. The van der Waals surface area contributed by atoms with Crippen LogP contribution in [0.5, 0.6) is 0 Å². The summed E-state index contributed by atoms with van der Waals surface area (Å²) in [6.07, 6.45) is 1.68. The third kappa shape index (κ3) is 3.61. The zero-order valence-corrected chi connectivity index (χ0v) is 11.9. The average Bonchev–Trinajstić information content (AvgIpc) is 3.16. The molecule has 3 atom stereocenters. The van der Waals surface area contributed by atoms with Crippen LogP contribution in [0.25, 0.3) is 0 Å². The summed E-state index contributed by atoms with van der Waals surface area (Å²) in [6, 6.07) is -0.507. The van der Waals surface area contributed by atoms with Crippen LogP contribution in [0.2, 0.25) is 0 Å². The van der Waals surface area contributed by atoms with Gasteiger partial charge in [0.25, 0.3) is 0 Å². The average molecular weight is 286 g/mol. The molecule has 1 saturated heterocycles. The zero-order valence-electron chi connectivity index (χ0n) is 11.9. The van der Waals surface area contributed by atoms with E-state index in [1.165, 1.54) is 0 Å². The van der Waals surface area contributed by atoms with E-state index in [9.17, 15) is 9.59 Å². The Kier molecular flexibility index (Phi) is 4.82. The van der Waals surface area contributed by atoms with Gasteiger partial charge in [-0.05, 0) is 18.8 Å². The smallest absolute Gasteiger partial charge is 0.317 e. The lowest BCUT2D eigenvalue weighted by Gasteiger charge is -2.22. The van der Waals surface area contributed by atoms with Crippen LogP contribution >= 0.6 is 0 Å². The van der Waals surface area contributed by atoms with Gasteiger partial charge in [-0.3, -0.25) is 4.79 Å². The molecular weight excluding hydrogens is 264 g/mol. The Balaban J connectivity index is 1.89. The Morgan fingerprint density at radius 3 is 2.20 bits per heavy atom. The highest BCUT2D eigenvalue weighted by atomic mass is 16.5. The van der Waals surface area contributed by atoms with E-state index in [1.807, 2.05) is 0 Å². The molecule has 2 amide bonds. The molecule has 0 bridgehead atoms. The monoisotopic (exact) mass is 286 g/mol. The standard InChI is InChI=1S/C13H22N2O5/c1-19-10-6-15(7-11(10)20-2)13(18)14-9(5-12(16)17)8-3-4-8/h8-11H,3-7H2,1-2H3,(H,14,18)(H,16,17). The summed E-state index contributed by atoms with van der Waals surface area (Å²) in [5, 5.41) is 11.7. The summed E-state index contributed by atoms with van der Waals surface area (Å²) in [6.45, 7) is 0.927. The van der Waals surface area contributed by atoms with Crippen molar-refractivity contribution in [3.63, 3.8) is 0 Å². The molecule has 1 aliphatic heterocycles. The van der Waals surface area contributed by atoms with Crippen molar-refractivity contribution in [3.8, 4) is 0 Å². The minimum atomic E-state index is -0.881. The number of urea groups is 1. The highest BCUT2D eigenvalue weighted by Gasteiger charge is 2.38. The molecule has 1 aliphatic carbocycles. The molecule has 7 nitrogen and oxygen atoms in total. The van der Waals surface area contributed by atoms with E-state index in [1.54, 1.807) is 19.1 Å². The number of ether oxygens (including phenoxy) is 2. The summed E-state index contributed by atoms with van der Waals surface area (Å²) in [7, 11) is 3.19. The molecule has 7 heteroatoms. The van der Waals surface area contributed by atoms with Crippen LogP contribution in [-0.2, 0) is 14.3 Å². The molecule has 0 aromatic heterocycles. The maximum absolute atomic E-state index is 12.2. The second-order valence-electron chi connectivity index (χ2n) is 5.44. The maximum Gasteiger partial charge on any atom is 0.317 e. The molecule has 3 unspecified atom stereocenters. The van der Waals surface area contributed by atoms with E-state index in [4.69, 9.17) is 14.6 Å². The van der Waals surface area contributed by atoms with E-state index in [-0.39, 0.29) is 30.7 Å². The molecule has 114 valence electrons. The Morgan fingerprint density at radius 1 is 1.25 bits per heavy atom. The van der Waals surface area contributed by atoms with E-state index < -0.39 is 5.97 Å². The number of aliphatic carboxylic acids is 1. The van der Waals surface area contributed by atoms with Crippen molar-refractivity contribution in [2.24, 2.45) is 5.92 Å². The third-order valence-corrected chi connectivity index (χ3v) is 4.00. The number of carboxylic acid groups (broad SMARTS) is 1. The lowest BCUT2D eigenvalue weighted by Crippen LogP contribution is -2.46. The van der Waals surface area contributed by atoms with E-state index in [2.05, 4.69) is 5.32 Å². The fourth-order valence-electron chi connectivity index (χ4n) is 2.63. The molecule has 2 fully saturated rings. The van der Waals surface area contributed by atoms with Crippen LogP contribution in [0.15, 0.2) is 0 Å². The molecular formula is C13H22N2O5. The quantitative estimate of drug-likeness (QED) is 0.733. The molecule has 1 heterocycles. The van der Waals surface area contributed by atoms with Crippen LogP contribution in [0.3, 0.4) is 0 Å². The van der Waals surface area contributed by atoms with Gasteiger partial charge in [0.1, 0.15) is 12.2 Å². The second kappa shape index (κ2) is 6.41. The van der Waals surface area contributed by atoms with Gasteiger partial charge in [-0.2, -0.15) is 0 Å². The molecule has 2 aliphatic rings. The van der Waals surface area contributed by atoms with Crippen LogP contribution in [0.4, 0.5) is 4.79 Å². The summed E-state index contributed by atoms with van der Waals surface area (Å²) in [4.78, 5) is 24.7. The molecule has 20 heavy (non-hydrogen) atoms. The SMILES string of the molecule is COC1CN(C(=O)NC(CC(=O)O)C2CC2)CC1OC. The van der Waals surface area contributed by atoms with Crippen LogP contribution in [0, 0.1) is 5.92 Å². The fraction of sp³-hybridized carbons (Fsp3) is 0.846. The van der Waals surface area contributed by atoms with E-state index in [0.717, 1.165) is 12.8 Å². The van der Waals surface area contributed by atoms with Crippen LogP contribution in [-0.4, -0.2) is 67.6 Å². The summed E-state index contributed by atoms with van der Waals surface area (Å²) >= 11 is 0. The Labute approximate surface area is 118 Å². The van der Waals surface area contributed by atoms with Gasteiger partial charge in [0.15, 0.2) is 0 Å². The largest absolute Gasteiger partial charge is 0.481 e. The van der Waals surface area contributed by atoms with Gasteiger partial charge >= 0.3 is 12.0 Å². The zero-order chi connectivity index (χ0) is 14.7. The van der Waals surface area contributed by atoms with Gasteiger partial charge in [0.05, 0.1) is 19.5 Å². The lowest BCUT2D eigenvalue weighted by atomic mass is 10.1. The number of hydrogen-bond donors (Lipinski definition) is 2. The molecule has 0 aromatic carbocycles. The lowest BCUT2D eigenvalue weighted by molar-refractivity contribution is -0.137. The van der Waals surface area contributed by atoms with Gasteiger partial charge in [-0.25, -0.2) is 4.79 Å². The third-order valence-electron chi connectivity index (χ3n) is 4.00. The molecule has 0 aromatic rings. The number of carboxylic acids is 1. The van der Waals surface area contributed by atoms with Crippen molar-refractivity contribution in [3.05, 3.63) is 0 Å². The topological polar surface area (TPSA) is 88.1 Å². The minimum Gasteiger partial charge on any atom is -0.481 e. The predicted octanol–water partition coefficient (Wildman–Crippen LogP) is 0.295. The number of rotatable bonds is 6. The van der Waals surface area contributed by atoms with Gasteiger partial charge in [-0.15, -0.1) is 0 Å². The molecule has 2 rings (SSSR count). The first-order valence-corrected chi connectivity index (χ1v) is 6.88. The summed E-state index contributed by atoms with van der Waals surface area (Å²) < 4.78 is 10.6. The first-order chi connectivity index (χ1) is 9.55.